The van der Waals surface area contributed by atoms with Gasteiger partial charge in [-0.3, -0.25) is 9.59 Å². The molecule has 1 aromatic rings. The standard InChI is InChI=1S/C14H18ClN3O2/c1-3-16-7-8(2)14(20)18-12-4-9-5-13(19)17-11(9)6-10(12)15/h4,6,8,16H,3,5,7H2,1-2H3,(H,17,19)(H,18,20). The summed E-state index contributed by atoms with van der Waals surface area (Å²) in [6, 6.07) is 3.43. The molecule has 0 saturated carbocycles. The van der Waals surface area contributed by atoms with Crippen molar-refractivity contribution in [2.24, 2.45) is 5.92 Å². The molecule has 1 aliphatic heterocycles. The molecule has 1 heterocycles. The lowest BCUT2D eigenvalue weighted by atomic mass is 10.1. The fourth-order valence-electron chi connectivity index (χ4n) is 2.05. The maximum Gasteiger partial charge on any atom is 0.228 e. The Bertz CT molecular complexity index is 545. The molecular formula is C14H18ClN3O2. The summed E-state index contributed by atoms with van der Waals surface area (Å²) in [6.07, 6.45) is 0.322. The van der Waals surface area contributed by atoms with Gasteiger partial charge in [0.15, 0.2) is 0 Å². The zero-order chi connectivity index (χ0) is 14.7. The summed E-state index contributed by atoms with van der Waals surface area (Å²) in [5.74, 6) is -0.302. The lowest BCUT2D eigenvalue weighted by Gasteiger charge is -2.14. The molecule has 1 aliphatic rings. The van der Waals surface area contributed by atoms with Crippen molar-refractivity contribution >= 4 is 34.8 Å². The Balaban J connectivity index is 2.08. The van der Waals surface area contributed by atoms with E-state index >= 15 is 0 Å². The second-order valence-corrected chi connectivity index (χ2v) is 5.32. The number of nitrogens with one attached hydrogen (secondary N) is 3. The predicted octanol–water partition coefficient (Wildman–Crippen LogP) is 2.02. The Kier molecular flexibility index (Phi) is 4.62. The van der Waals surface area contributed by atoms with Crippen LogP contribution in [0.1, 0.15) is 19.4 Å². The molecule has 3 N–H and O–H groups in total. The Morgan fingerprint density at radius 1 is 1.50 bits per heavy atom. The Morgan fingerprint density at radius 3 is 2.95 bits per heavy atom. The van der Waals surface area contributed by atoms with Gasteiger partial charge in [-0.2, -0.15) is 0 Å². The minimum absolute atomic E-state index is 0.0555. The topological polar surface area (TPSA) is 70.2 Å². The second-order valence-electron chi connectivity index (χ2n) is 4.91. The van der Waals surface area contributed by atoms with Crippen molar-refractivity contribution < 1.29 is 9.59 Å². The summed E-state index contributed by atoms with van der Waals surface area (Å²) in [7, 11) is 0. The molecule has 0 radical (unpaired) electrons. The highest BCUT2D eigenvalue weighted by Gasteiger charge is 2.21. The van der Waals surface area contributed by atoms with Crippen LogP contribution in [0.15, 0.2) is 12.1 Å². The second kappa shape index (κ2) is 6.24. The zero-order valence-electron chi connectivity index (χ0n) is 11.5. The van der Waals surface area contributed by atoms with E-state index in [0.29, 0.717) is 23.7 Å². The summed E-state index contributed by atoms with van der Waals surface area (Å²) in [4.78, 5) is 23.4. The number of carbonyl (C=O) groups is 2. The molecule has 2 rings (SSSR count). The molecule has 0 saturated heterocycles. The SMILES string of the molecule is CCNCC(C)C(=O)Nc1cc2c(cc1Cl)NC(=O)C2. The van der Waals surface area contributed by atoms with E-state index in [9.17, 15) is 9.59 Å². The molecule has 108 valence electrons. The van der Waals surface area contributed by atoms with Gasteiger partial charge >= 0.3 is 0 Å². The van der Waals surface area contributed by atoms with Gasteiger partial charge in [-0.25, -0.2) is 0 Å². The lowest BCUT2D eigenvalue weighted by Crippen LogP contribution is -2.30. The molecular weight excluding hydrogens is 278 g/mol. The fraction of sp³-hybridized carbons (Fsp3) is 0.429. The van der Waals surface area contributed by atoms with Crippen molar-refractivity contribution in [1.29, 1.82) is 0 Å². The quantitative estimate of drug-likeness (QED) is 0.778. The number of halogens is 1. The third-order valence-corrected chi connectivity index (χ3v) is 3.54. The van der Waals surface area contributed by atoms with Crippen LogP contribution >= 0.6 is 11.6 Å². The first kappa shape index (κ1) is 14.8. The van der Waals surface area contributed by atoms with Crippen molar-refractivity contribution in [2.45, 2.75) is 20.3 Å². The minimum Gasteiger partial charge on any atom is -0.325 e. The molecule has 5 nitrogen and oxygen atoms in total. The van der Waals surface area contributed by atoms with Gasteiger partial charge in [-0.05, 0) is 24.2 Å². The molecule has 1 aromatic carbocycles. The fourth-order valence-corrected chi connectivity index (χ4v) is 2.26. The van der Waals surface area contributed by atoms with Crippen LogP contribution in [-0.4, -0.2) is 24.9 Å². The highest BCUT2D eigenvalue weighted by atomic mass is 35.5. The zero-order valence-corrected chi connectivity index (χ0v) is 12.3. The van der Waals surface area contributed by atoms with E-state index in [1.54, 1.807) is 12.1 Å². The molecule has 0 fully saturated rings. The van der Waals surface area contributed by atoms with Gasteiger partial charge in [0.25, 0.3) is 0 Å². The first-order valence-electron chi connectivity index (χ1n) is 6.65. The van der Waals surface area contributed by atoms with Gasteiger partial charge in [-0.1, -0.05) is 25.4 Å². The Labute approximate surface area is 123 Å². The summed E-state index contributed by atoms with van der Waals surface area (Å²) >= 11 is 6.13. The van der Waals surface area contributed by atoms with E-state index in [2.05, 4.69) is 16.0 Å². The van der Waals surface area contributed by atoms with Crippen molar-refractivity contribution in [3.8, 4) is 0 Å². The number of anilines is 2. The molecule has 1 unspecified atom stereocenters. The van der Waals surface area contributed by atoms with Crippen LogP contribution in [0.3, 0.4) is 0 Å². The van der Waals surface area contributed by atoms with Gasteiger partial charge in [0, 0.05) is 18.2 Å². The maximum absolute atomic E-state index is 12.0. The van der Waals surface area contributed by atoms with E-state index in [1.807, 2.05) is 13.8 Å². The van der Waals surface area contributed by atoms with Crippen molar-refractivity contribution in [3.63, 3.8) is 0 Å². The van der Waals surface area contributed by atoms with Crippen LogP contribution in [-0.2, 0) is 16.0 Å². The van der Waals surface area contributed by atoms with Crippen molar-refractivity contribution in [3.05, 3.63) is 22.7 Å². The van der Waals surface area contributed by atoms with Crippen LogP contribution in [0.5, 0.6) is 0 Å². The first-order chi connectivity index (χ1) is 9.51. The van der Waals surface area contributed by atoms with Gasteiger partial charge < -0.3 is 16.0 Å². The summed E-state index contributed by atoms with van der Waals surface area (Å²) in [6.45, 7) is 5.28. The number of hydrogen-bond acceptors (Lipinski definition) is 3. The van der Waals surface area contributed by atoms with Crippen LogP contribution in [0, 0.1) is 5.92 Å². The van der Waals surface area contributed by atoms with E-state index in [1.165, 1.54) is 0 Å². The Hall–Kier alpha value is -1.59. The van der Waals surface area contributed by atoms with E-state index in [4.69, 9.17) is 11.6 Å². The summed E-state index contributed by atoms with van der Waals surface area (Å²) < 4.78 is 0. The molecule has 0 spiro atoms. The first-order valence-corrected chi connectivity index (χ1v) is 7.03. The molecule has 2 amide bonds. The predicted molar refractivity (Wildman–Crippen MR) is 80.1 cm³/mol. The van der Waals surface area contributed by atoms with Crippen molar-refractivity contribution in [1.82, 2.24) is 5.32 Å². The van der Waals surface area contributed by atoms with E-state index in [0.717, 1.165) is 17.8 Å². The average Bonchev–Trinajstić information content (AvgIpc) is 2.75. The van der Waals surface area contributed by atoms with Crippen molar-refractivity contribution in [2.75, 3.05) is 23.7 Å². The number of fused-ring (bicyclic) bond motifs is 1. The maximum atomic E-state index is 12.0. The smallest absolute Gasteiger partial charge is 0.228 e. The highest BCUT2D eigenvalue weighted by Crippen LogP contribution is 2.32. The van der Waals surface area contributed by atoms with Crippen LogP contribution in [0.25, 0.3) is 0 Å². The molecule has 0 bridgehead atoms. The number of amides is 2. The summed E-state index contributed by atoms with van der Waals surface area (Å²) in [5.41, 5.74) is 2.13. The van der Waals surface area contributed by atoms with E-state index < -0.39 is 0 Å². The third-order valence-electron chi connectivity index (χ3n) is 3.22. The molecule has 0 aromatic heterocycles. The molecule has 1 atom stereocenters. The number of carbonyl (C=O) groups excluding carboxylic acids is 2. The van der Waals surface area contributed by atoms with Gasteiger partial charge in [0.05, 0.1) is 17.1 Å². The number of hydrogen-bond donors (Lipinski definition) is 3. The third kappa shape index (κ3) is 3.29. The number of rotatable bonds is 5. The van der Waals surface area contributed by atoms with Crippen LogP contribution in [0.2, 0.25) is 5.02 Å². The van der Waals surface area contributed by atoms with Crippen LogP contribution < -0.4 is 16.0 Å². The molecule has 0 aliphatic carbocycles. The number of benzene rings is 1. The van der Waals surface area contributed by atoms with Crippen LogP contribution in [0.4, 0.5) is 11.4 Å². The van der Waals surface area contributed by atoms with Gasteiger partial charge in [0.2, 0.25) is 11.8 Å². The average molecular weight is 296 g/mol. The molecule has 6 heteroatoms. The highest BCUT2D eigenvalue weighted by molar-refractivity contribution is 6.34. The summed E-state index contributed by atoms with van der Waals surface area (Å²) in [5, 5.41) is 9.09. The Morgan fingerprint density at radius 2 is 2.25 bits per heavy atom. The lowest BCUT2D eigenvalue weighted by molar-refractivity contribution is -0.119. The normalized spacial score (nSPS) is 14.7. The monoisotopic (exact) mass is 295 g/mol. The minimum atomic E-state index is -0.154. The van der Waals surface area contributed by atoms with Gasteiger partial charge in [0.1, 0.15) is 0 Å². The van der Waals surface area contributed by atoms with Gasteiger partial charge in [-0.15, -0.1) is 0 Å². The largest absolute Gasteiger partial charge is 0.325 e. The molecule has 20 heavy (non-hydrogen) atoms. The van der Waals surface area contributed by atoms with E-state index in [-0.39, 0.29) is 17.7 Å².